The van der Waals surface area contributed by atoms with Crippen LogP contribution in [0.25, 0.3) is 21.7 Å². The first-order valence-electron chi connectivity index (χ1n) is 9.95. The highest BCUT2D eigenvalue weighted by molar-refractivity contribution is 7.13. The molecule has 1 aliphatic heterocycles. The Hall–Kier alpha value is -2.29. The van der Waals surface area contributed by atoms with E-state index in [0.29, 0.717) is 34.8 Å². The third-order valence-electron chi connectivity index (χ3n) is 5.39. The predicted molar refractivity (Wildman–Crippen MR) is 113 cm³/mol. The summed E-state index contributed by atoms with van der Waals surface area (Å²) in [7, 11) is 0. The number of pyridine rings is 1. The molecule has 0 radical (unpaired) electrons. The summed E-state index contributed by atoms with van der Waals surface area (Å²) in [5, 5.41) is 9.83. The Bertz CT molecular complexity index is 977. The van der Waals surface area contributed by atoms with Gasteiger partial charge in [-0.3, -0.25) is 9.69 Å². The molecule has 7 nitrogen and oxygen atoms in total. The summed E-state index contributed by atoms with van der Waals surface area (Å²) >= 11 is 1.58. The molecule has 0 unspecified atom stereocenters. The largest absolute Gasteiger partial charge is 0.379 e. The molecule has 0 aromatic carbocycles. The molecule has 4 heterocycles. The van der Waals surface area contributed by atoms with E-state index in [1.54, 1.807) is 11.3 Å². The molecule has 1 saturated heterocycles. The van der Waals surface area contributed by atoms with Crippen molar-refractivity contribution in [3.05, 3.63) is 34.8 Å². The third kappa shape index (κ3) is 4.19. The lowest BCUT2D eigenvalue weighted by atomic mass is 10.0. The van der Waals surface area contributed by atoms with Gasteiger partial charge in [-0.05, 0) is 30.4 Å². The molecule has 154 valence electrons. The van der Waals surface area contributed by atoms with Crippen LogP contribution in [-0.4, -0.2) is 59.8 Å². The smallest absolute Gasteiger partial charge is 0.259 e. The molecule has 1 atom stereocenters. The van der Waals surface area contributed by atoms with Crippen LogP contribution in [0.1, 0.15) is 29.9 Å². The molecule has 3 aromatic heterocycles. The molecule has 4 rings (SSSR count). The molecule has 29 heavy (non-hydrogen) atoms. The van der Waals surface area contributed by atoms with Gasteiger partial charge in [-0.2, -0.15) is 0 Å². The fraction of sp³-hybridized carbons (Fsp3) is 0.476. The van der Waals surface area contributed by atoms with Gasteiger partial charge in [0.05, 0.1) is 40.4 Å². The summed E-state index contributed by atoms with van der Waals surface area (Å²) in [5.41, 5.74) is 2.35. The van der Waals surface area contributed by atoms with Gasteiger partial charge in [-0.15, -0.1) is 11.3 Å². The minimum atomic E-state index is -0.125. The highest BCUT2D eigenvalue weighted by Gasteiger charge is 2.25. The van der Waals surface area contributed by atoms with Gasteiger partial charge in [-0.25, -0.2) is 4.98 Å². The number of hydrogen-bond acceptors (Lipinski definition) is 7. The van der Waals surface area contributed by atoms with Crippen LogP contribution in [0.5, 0.6) is 0 Å². The summed E-state index contributed by atoms with van der Waals surface area (Å²) in [4.78, 5) is 21.1. The van der Waals surface area contributed by atoms with E-state index in [1.165, 1.54) is 0 Å². The zero-order valence-electron chi connectivity index (χ0n) is 17.0. The van der Waals surface area contributed by atoms with E-state index < -0.39 is 0 Å². The van der Waals surface area contributed by atoms with Gasteiger partial charge < -0.3 is 14.6 Å². The number of nitrogens with one attached hydrogen (secondary N) is 1. The first-order chi connectivity index (χ1) is 14.0. The zero-order valence-corrected chi connectivity index (χ0v) is 17.8. The predicted octanol–water partition coefficient (Wildman–Crippen LogP) is 3.35. The van der Waals surface area contributed by atoms with Gasteiger partial charge >= 0.3 is 0 Å². The Morgan fingerprint density at radius 1 is 1.34 bits per heavy atom. The van der Waals surface area contributed by atoms with Gasteiger partial charge in [0.1, 0.15) is 0 Å². The molecule has 1 N–H and O–H groups in total. The minimum Gasteiger partial charge on any atom is -0.379 e. The number of fused-ring (bicyclic) bond motifs is 1. The maximum absolute atomic E-state index is 13.2. The summed E-state index contributed by atoms with van der Waals surface area (Å²) < 4.78 is 10.9. The van der Waals surface area contributed by atoms with Crippen molar-refractivity contribution in [2.75, 3.05) is 32.8 Å². The summed E-state index contributed by atoms with van der Waals surface area (Å²) in [6.45, 7) is 10.1. The Morgan fingerprint density at radius 2 is 2.14 bits per heavy atom. The normalized spacial score (nSPS) is 16.4. The number of hydrogen-bond donors (Lipinski definition) is 1. The molecule has 0 bridgehead atoms. The van der Waals surface area contributed by atoms with Crippen molar-refractivity contribution in [1.29, 1.82) is 0 Å². The Kier molecular flexibility index (Phi) is 5.94. The lowest BCUT2D eigenvalue weighted by Gasteiger charge is -2.36. The van der Waals surface area contributed by atoms with Crippen LogP contribution in [0.4, 0.5) is 0 Å². The Morgan fingerprint density at radius 3 is 2.83 bits per heavy atom. The molecule has 3 aromatic rings. The summed E-state index contributed by atoms with van der Waals surface area (Å²) in [6.07, 6.45) is 0. The number of carbonyl (C=O) groups is 1. The van der Waals surface area contributed by atoms with Crippen LogP contribution in [-0.2, 0) is 4.74 Å². The van der Waals surface area contributed by atoms with Crippen LogP contribution in [0.2, 0.25) is 0 Å². The van der Waals surface area contributed by atoms with Crippen molar-refractivity contribution >= 4 is 28.3 Å². The van der Waals surface area contributed by atoms with Crippen LogP contribution in [0.15, 0.2) is 28.1 Å². The van der Waals surface area contributed by atoms with Crippen molar-refractivity contribution in [3.63, 3.8) is 0 Å². The molecule has 1 fully saturated rings. The van der Waals surface area contributed by atoms with E-state index in [-0.39, 0.29) is 11.9 Å². The maximum atomic E-state index is 13.2. The van der Waals surface area contributed by atoms with Crippen molar-refractivity contribution in [2.45, 2.75) is 26.8 Å². The number of nitrogens with zero attached hydrogens (tertiary/aromatic N) is 3. The van der Waals surface area contributed by atoms with E-state index in [2.05, 4.69) is 34.2 Å². The van der Waals surface area contributed by atoms with Crippen molar-refractivity contribution in [2.24, 2.45) is 5.92 Å². The SMILES string of the molecule is Cc1noc2nc(-c3cccs3)cc(C(=O)NC[C@H](C(C)C)N3CCOCC3)c12. The Labute approximate surface area is 174 Å². The van der Waals surface area contributed by atoms with Crippen LogP contribution in [0, 0.1) is 12.8 Å². The van der Waals surface area contributed by atoms with Gasteiger partial charge in [0.25, 0.3) is 11.6 Å². The molecule has 0 aliphatic carbocycles. The van der Waals surface area contributed by atoms with E-state index in [1.807, 2.05) is 30.5 Å². The standard InChI is InChI=1S/C21H26N4O3S/c1-13(2)17(25-6-8-27-9-7-25)12-22-20(26)15-11-16(18-5-4-10-29-18)23-21-19(15)14(3)24-28-21/h4-5,10-11,13,17H,6-9,12H2,1-3H3,(H,22,26)/t17-/m1/s1. The van der Waals surface area contributed by atoms with Crippen molar-refractivity contribution in [3.8, 4) is 10.6 Å². The number of thiophene rings is 1. The molecular formula is C21H26N4O3S. The van der Waals surface area contributed by atoms with Crippen LogP contribution < -0.4 is 5.32 Å². The van der Waals surface area contributed by atoms with E-state index in [0.717, 1.165) is 36.9 Å². The van der Waals surface area contributed by atoms with Crippen molar-refractivity contribution < 1.29 is 14.1 Å². The van der Waals surface area contributed by atoms with E-state index >= 15 is 0 Å². The average molecular weight is 415 g/mol. The minimum absolute atomic E-state index is 0.125. The molecule has 8 heteroatoms. The fourth-order valence-electron chi connectivity index (χ4n) is 3.81. The molecule has 0 saturated carbocycles. The molecule has 0 spiro atoms. The number of amides is 1. The average Bonchev–Trinajstić information content (AvgIpc) is 3.38. The van der Waals surface area contributed by atoms with E-state index in [4.69, 9.17) is 9.26 Å². The van der Waals surface area contributed by atoms with Crippen LogP contribution in [0.3, 0.4) is 0 Å². The second kappa shape index (κ2) is 8.61. The second-order valence-electron chi connectivity index (χ2n) is 7.65. The third-order valence-corrected chi connectivity index (χ3v) is 6.28. The van der Waals surface area contributed by atoms with Crippen LogP contribution >= 0.6 is 11.3 Å². The molecular weight excluding hydrogens is 388 g/mol. The first kappa shape index (κ1) is 20.0. The quantitative estimate of drug-likeness (QED) is 0.666. The number of carbonyl (C=O) groups excluding carboxylic acids is 1. The first-order valence-corrected chi connectivity index (χ1v) is 10.8. The second-order valence-corrected chi connectivity index (χ2v) is 8.60. The molecule has 1 aliphatic rings. The van der Waals surface area contributed by atoms with Gasteiger partial charge in [0.2, 0.25) is 0 Å². The number of aryl methyl sites for hydroxylation is 1. The van der Waals surface area contributed by atoms with Crippen molar-refractivity contribution in [1.82, 2.24) is 20.4 Å². The van der Waals surface area contributed by atoms with E-state index in [9.17, 15) is 4.79 Å². The lowest BCUT2D eigenvalue weighted by molar-refractivity contribution is 0.00673. The number of ether oxygens (including phenoxy) is 1. The monoisotopic (exact) mass is 414 g/mol. The number of aromatic nitrogens is 2. The topological polar surface area (TPSA) is 80.5 Å². The highest BCUT2D eigenvalue weighted by atomic mass is 32.1. The number of morpholine rings is 1. The number of rotatable bonds is 6. The Balaban J connectivity index is 1.59. The van der Waals surface area contributed by atoms with Gasteiger partial charge in [0, 0.05) is 25.7 Å². The summed E-state index contributed by atoms with van der Waals surface area (Å²) in [5.74, 6) is 0.297. The van der Waals surface area contributed by atoms with Gasteiger partial charge in [-0.1, -0.05) is 25.1 Å². The summed E-state index contributed by atoms with van der Waals surface area (Å²) in [6, 6.07) is 6.05. The lowest BCUT2D eigenvalue weighted by Crippen LogP contribution is -2.51. The zero-order chi connectivity index (χ0) is 20.4. The fourth-order valence-corrected chi connectivity index (χ4v) is 4.50. The highest BCUT2D eigenvalue weighted by Crippen LogP contribution is 2.29. The van der Waals surface area contributed by atoms with Gasteiger partial charge in [0.15, 0.2) is 0 Å². The molecule has 1 amide bonds. The maximum Gasteiger partial charge on any atom is 0.259 e.